The molecule has 0 unspecified atom stereocenters. The summed E-state index contributed by atoms with van der Waals surface area (Å²) in [4.78, 5) is 14.8. The smallest absolute Gasteiger partial charge is 0.262 e. The van der Waals surface area contributed by atoms with Crippen LogP contribution in [0.3, 0.4) is 0 Å². The Bertz CT molecular complexity index is 1240. The summed E-state index contributed by atoms with van der Waals surface area (Å²) in [6.45, 7) is 0.589. The van der Waals surface area contributed by atoms with Gasteiger partial charge in [-0.25, -0.2) is 8.42 Å². The van der Waals surface area contributed by atoms with Gasteiger partial charge < -0.3 is 14.4 Å². The third kappa shape index (κ3) is 4.27. The lowest BCUT2D eigenvalue weighted by atomic mass is 10.0. The molecule has 1 amide bonds. The van der Waals surface area contributed by atoms with Crippen molar-refractivity contribution in [1.82, 2.24) is 0 Å². The molecule has 0 saturated carbocycles. The average molecular weight is 453 g/mol. The van der Waals surface area contributed by atoms with Crippen LogP contribution in [-0.2, 0) is 16.4 Å². The maximum Gasteiger partial charge on any atom is 0.262 e. The van der Waals surface area contributed by atoms with Crippen LogP contribution >= 0.6 is 0 Å². The molecule has 0 saturated heterocycles. The van der Waals surface area contributed by atoms with Crippen LogP contribution in [0.4, 0.5) is 11.4 Å². The van der Waals surface area contributed by atoms with E-state index in [1.54, 1.807) is 47.4 Å². The van der Waals surface area contributed by atoms with Crippen LogP contribution in [0, 0.1) is 0 Å². The number of hydrogen-bond donors (Lipinski definition) is 1. The van der Waals surface area contributed by atoms with E-state index in [1.165, 1.54) is 20.3 Å². The number of carbonyl (C=O) groups is 1. The summed E-state index contributed by atoms with van der Waals surface area (Å²) in [5.41, 5.74) is 2.44. The van der Waals surface area contributed by atoms with E-state index in [4.69, 9.17) is 9.47 Å². The molecule has 1 aliphatic rings. The number of anilines is 2. The van der Waals surface area contributed by atoms with Crippen molar-refractivity contribution >= 4 is 27.3 Å². The lowest BCUT2D eigenvalue weighted by molar-refractivity contribution is 0.0985. The number of fused-ring (bicyclic) bond motifs is 1. The predicted molar refractivity (Wildman–Crippen MR) is 123 cm³/mol. The monoisotopic (exact) mass is 452 g/mol. The Morgan fingerprint density at radius 3 is 2.47 bits per heavy atom. The molecule has 0 spiro atoms. The minimum Gasteiger partial charge on any atom is -0.497 e. The van der Waals surface area contributed by atoms with Crippen molar-refractivity contribution in [2.24, 2.45) is 0 Å². The molecule has 0 bridgehead atoms. The second kappa shape index (κ2) is 8.92. The first-order valence-corrected chi connectivity index (χ1v) is 11.7. The normalized spacial score (nSPS) is 13.2. The minimum atomic E-state index is -3.88. The van der Waals surface area contributed by atoms with E-state index in [9.17, 15) is 13.2 Å². The van der Waals surface area contributed by atoms with E-state index in [2.05, 4.69) is 4.72 Å². The Kier molecular flexibility index (Phi) is 6.05. The van der Waals surface area contributed by atoms with Gasteiger partial charge in [-0.15, -0.1) is 0 Å². The van der Waals surface area contributed by atoms with E-state index >= 15 is 0 Å². The number of methoxy groups -OCH3 is 2. The Hall–Kier alpha value is -3.52. The van der Waals surface area contributed by atoms with E-state index in [0.29, 0.717) is 30.0 Å². The molecular formula is C24H24N2O5S. The third-order valence-corrected chi connectivity index (χ3v) is 6.76. The van der Waals surface area contributed by atoms with Gasteiger partial charge in [-0.05, 0) is 60.9 Å². The van der Waals surface area contributed by atoms with Crippen molar-refractivity contribution in [3.05, 3.63) is 77.9 Å². The zero-order valence-corrected chi connectivity index (χ0v) is 18.7. The molecule has 32 heavy (non-hydrogen) atoms. The van der Waals surface area contributed by atoms with Gasteiger partial charge >= 0.3 is 0 Å². The Morgan fingerprint density at radius 1 is 0.969 bits per heavy atom. The summed E-state index contributed by atoms with van der Waals surface area (Å²) in [6.07, 6.45) is 1.45. The molecule has 0 aliphatic carbocycles. The number of nitrogens with one attached hydrogen (secondary N) is 1. The molecule has 166 valence electrons. The highest BCUT2D eigenvalue weighted by Gasteiger charge is 2.26. The van der Waals surface area contributed by atoms with Crippen LogP contribution in [0.1, 0.15) is 22.3 Å². The van der Waals surface area contributed by atoms with E-state index < -0.39 is 10.0 Å². The van der Waals surface area contributed by atoms with E-state index in [0.717, 1.165) is 17.7 Å². The molecule has 8 heteroatoms. The summed E-state index contributed by atoms with van der Waals surface area (Å²) in [5.74, 6) is 0.789. The fourth-order valence-electron chi connectivity index (χ4n) is 3.79. The van der Waals surface area contributed by atoms with Gasteiger partial charge in [0, 0.05) is 23.9 Å². The molecule has 3 aromatic carbocycles. The fraction of sp³-hybridized carbons (Fsp3) is 0.208. The lowest BCUT2D eigenvalue weighted by Crippen LogP contribution is -2.35. The van der Waals surface area contributed by atoms with Gasteiger partial charge in [0.25, 0.3) is 15.9 Å². The number of aryl methyl sites for hydroxylation is 1. The number of hydrogen-bond acceptors (Lipinski definition) is 5. The first-order valence-electron chi connectivity index (χ1n) is 10.2. The highest BCUT2D eigenvalue weighted by Crippen LogP contribution is 2.33. The van der Waals surface area contributed by atoms with Gasteiger partial charge in [-0.3, -0.25) is 9.52 Å². The molecule has 1 heterocycles. The topological polar surface area (TPSA) is 84.9 Å². The number of amides is 1. The molecule has 7 nitrogen and oxygen atoms in total. The lowest BCUT2D eigenvalue weighted by Gasteiger charge is -2.30. The van der Waals surface area contributed by atoms with Crippen LogP contribution < -0.4 is 19.1 Å². The van der Waals surface area contributed by atoms with Crippen LogP contribution in [0.5, 0.6) is 11.5 Å². The second-order valence-corrected chi connectivity index (χ2v) is 9.07. The van der Waals surface area contributed by atoms with Gasteiger partial charge in [0.1, 0.15) is 11.5 Å². The van der Waals surface area contributed by atoms with Crippen LogP contribution in [0.15, 0.2) is 71.6 Å². The zero-order chi connectivity index (χ0) is 22.7. The Morgan fingerprint density at radius 2 is 1.75 bits per heavy atom. The fourth-order valence-corrected chi connectivity index (χ4v) is 4.90. The number of rotatable bonds is 6. The van der Waals surface area contributed by atoms with Crippen LogP contribution in [0.2, 0.25) is 0 Å². The number of benzene rings is 3. The Balaban J connectivity index is 1.65. The number of ether oxygens (including phenoxy) is 2. The van der Waals surface area contributed by atoms with Crippen molar-refractivity contribution in [2.45, 2.75) is 17.7 Å². The standard InChI is InChI=1S/C24H24N2O5S/c1-30-19-10-13-23(31-2)21(16-19)25-32(28,29)20-11-12-22-18(15-20)9-6-14-26(22)24(27)17-7-4-3-5-8-17/h3-5,7-8,10-13,15-16,25H,6,9,14H2,1-2H3. The molecule has 4 rings (SSSR count). The Labute approximate surface area is 187 Å². The van der Waals surface area contributed by atoms with Crippen molar-refractivity contribution in [3.8, 4) is 11.5 Å². The van der Waals surface area contributed by atoms with Crippen molar-refractivity contribution in [1.29, 1.82) is 0 Å². The van der Waals surface area contributed by atoms with E-state index in [1.807, 2.05) is 18.2 Å². The second-order valence-electron chi connectivity index (χ2n) is 7.39. The first kappa shape index (κ1) is 21.7. The molecule has 0 radical (unpaired) electrons. The summed E-state index contributed by atoms with van der Waals surface area (Å²) in [6, 6.07) is 18.8. The molecular weight excluding hydrogens is 428 g/mol. The summed E-state index contributed by atoms with van der Waals surface area (Å²) >= 11 is 0. The molecule has 3 aromatic rings. The quantitative estimate of drug-likeness (QED) is 0.609. The molecule has 1 N–H and O–H groups in total. The minimum absolute atomic E-state index is 0.0959. The van der Waals surface area contributed by atoms with Crippen molar-refractivity contribution < 1.29 is 22.7 Å². The predicted octanol–water partition coefficient (Wildman–Crippen LogP) is 4.10. The SMILES string of the molecule is COc1ccc(OC)c(NS(=O)(=O)c2ccc3c(c2)CCCN3C(=O)c2ccccc2)c1. The molecule has 0 aromatic heterocycles. The molecule has 0 atom stereocenters. The highest BCUT2D eigenvalue weighted by atomic mass is 32.2. The average Bonchev–Trinajstić information content (AvgIpc) is 2.83. The van der Waals surface area contributed by atoms with Gasteiger partial charge in [-0.2, -0.15) is 0 Å². The number of nitrogens with zero attached hydrogens (tertiary/aromatic N) is 1. The first-order chi connectivity index (χ1) is 15.4. The highest BCUT2D eigenvalue weighted by molar-refractivity contribution is 7.92. The molecule has 1 aliphatic heterocycles. The van der Waals surface area contributed by atoms with E-state index in [-0.39, 0.29) is 16.5 Å². The maximum atomic E-state index is 13.1. The maximum absolute atomic E-state index is 13.1. The van der Waals surface area contributed by atoms with Gasteiger partial charge in [0.15, 0.2) is 0 Å². The summed E-state index contributed by atoms with van der Waals surface area (Å²) in [5, 5.41) is 0. The van der Waals surface area contributed by atoms with Crippen LogP contribution in [-0.4, -0.2) is 35.1 Å². The van der Waals surface area contributed by atoms with Crippen molar-refractivity contribution in [2.75, 3.05) is 30.4 Å². The molecule has 0 fully saturated rings. The zero-order valence-electron chi connectivity index (χ0n) is 17.9. The van der Waals surface area contributed by atoms with Gasteiger partial charge in [-0.1, -0.05) is 18.2 Å². The van der Waals surface area contributed by atoms with Gasteiger partial charge in [0.2, 0.25) is 0 Å². The third-order valence-electron chi connectivity index (χ3n) is 5.40. The van der Waals surface area contributed by atoms with Crippen LogP contribution in [0.25, 0.3) is 0 Å². The van der Waals surface area contributed by atoms with Crippen molar-refractivity contribution in [3.63, 3.8) is 0 Å². The largest absolute Gasteiger partial charge is 0.497 e. The summed E-state index contributed by atoms with van der Waals surface area (Å²) < 4.78 is 39.3. The summed E-state index contributed by atoms with van der Waals surface area (Å²) in [7, 11) is -0.908. The number of sulfonamides is 1. The number of carbonyl (C=O) groups excluding carboxylic acids is 1. The van der Waals surface area contributed by atoms with Gasteiger partial charge in [0.05, 0.1) is 24.8 Å².